The minimum Gasteiger partial charge on any atom is -0.481 e. The van der Waals surface area contributed by atoms with E-state index in [1.807, 2.05) is 0 Å². The molecule has 2 aliphatic rings. The third kappa shape index (κ3) is 8.55. The summed E-state index contributed by atoms with van der Waals surface area (Å²) in [6.45, 7) is 3.30. The highest BCUT2D eigenvalue weighted by Crippen LogP contribution is 2.37. The lowest BCUT2D eigenvalue weighted by Crippen LogP contribution is -2.62. The lowest BCUT2D eigenvalue weighted by Gasteiger charge is -2.47. The Hall–Kier alpha value is -2.53. The monoisotopic (exact) mass is 510 g/mol. The molecule has 0 aromatic carbocycles. The van der Waals surface area contributed by atoms with Gasteiger partial charge in [0.1, 0.15) is 12.3 Å². The van der Waals surface area contributed by atoms with Gasteiger partial charge < -0.3 is 30.6 Å². The number of hydrogen-bond acceptors (Lipinski definition) is 8. The molecule has 4 N–H and O–H groups in total. The molecule has 0 radical (unpaired) electrons. The number of nitrogens with two attached hydrogens (primary N) is 1. The van der Waals surface area contributed by atoms with Gasteiger partial charge >= 0.3 is 11.9 Å². The summed E-state index contributed by atoms with van der Waals surface area (Å²) in [7, 11) is 0. The molecule has 1 aliphatic carbocycles. The molecule has 0 aromatic heterocycles. The number of hydrogen-bond donors (Lipinski definition) is 3. The number of likely N-dealkylation sites (N-methyl/N-ethyl adjacent to an activating group) is 1. The second-order valence-electron chi connectivity index (χ2n) is 9.74. The highest BCUT2D eigenvalue weighted by atomic mass is 16.6. The molecule has 0 spiro atoms. The van der Waals surface area contributed by atoms with E-state index in [1.54, 1.807) is 6.92 Å². The second kappa shape index (κ2) is 14.9. The largest absolute Gasteiger partial charge is 0.481 e. The molecule has 1 atom stereocenters. The number of carboxylic acid groups (broad SMARTS) is 1. The van der Waals surface area contributed by atoms with Gasteiger partial charge in [-0.15, -0.1) is 0 Å². The predicted octanol–water partition coefficient (Wildman–Crippen LogP) is 1.04. The average molecular weight is 511 g/mol. The van der Waals surface area contributed by atoms with Crippen molar-refractivity contribution in [1.29, 1.82) is 0 Å². The molecular formula is C25H42N4O7. The third-order valence-corrected chi connectivity index (χ3v) is 7.21. The Morgan fingerprint density at radius 3 is 2.36 bits per heavy atom. The first kappa shape index (κ1) is 29.7. The number of nitrogens with one attached hydrogen (secondary N) is 1. The van der Waals surface area contributed by atoms with Crippen LogP contribution in [0.2, 0.25) is 0 Å². The van der Waals surface area contributed by atoms with Gasteiger partial charge in [-0.2, -0.15) is 0 Å². The number of amides is 2. The first-order chi connectivity index (χ1) is 17.3. The molecule has 1 saturated carbocycles. The number of rotatable bonds is 14. The SMILES string of the molecule is CCN(CC(=O)N([C@@H](C=O)CC(=O)O)C1(OC(=O)CN)CCCCC1)C(=O)CCCC1CCNCC1. The van der Waals surface area contributed by atoms with Crippen LogP contribution in [0, 0.1) is 5.92 Å². The molecular weight excluding hydrogens is 468 g/mol. The van der Waals surface area contributed by atoms with Crippen molar-refractivity contribution in [3.05, 3.63) is 0 Å². The number of nitrogens with zero attached hydrogens (tertiary/aromatic N) is 2. The van der Waals surface area contributed by atoms with Crippen molar-refractivity contribution in [3.8, 4) is 0 Å². The van der Waals surface area contributed by atoms with Gasteiger partial charge in [0.25, 0.3) is 0 Å². The van der Waals surface area contributed by atoms with E-state index in [9.17, 15) is 29.1 Å². The first-order valence-electron chi connectivity index (χ1n) is 13.2. The van der Waals surface area contributed by atoms with E-state index >= 15 is 0 Å². The fourth-order valence-corrected chi connectivity index (χ4v) is 5.33. The topological polar surface area (TPSA) is 159 Å². The molecule has 204 valence electrons. The second-order valence-corrected chi connectivity index (χ2v) is 9.74. The number of piperidine rings is 1. The summed E-state index contributed by atoms with van der Waals surface area (Å²) >= 11 is 0. The van der Waals surface area contributed by atoms with E-state index < -0.39 is 42.6 Å². The zero-order valence-electron chi connectivity index (χ0n) is 21.4. The minimum atomic E-state index is -1.47. The van der Waals surface area contributed by atoms with Crippen molar-refractivity contribution < 1.29 is 33.8 Å². The molecule has 11 nitrogen and oxygen atoms in total. The van der Waals surface area contributed by atoms with Crippen LogP contribution in [0.25, 0.3) is 0 Å². The molecule has 2 amide bonds. The Morgan fingerprint density at radius 1 is 1.14 bits per heavy atom. The number of esters is 1. The van der Waals surface area contributed by atoms with E-state index in [0.717, 1.165) is 50.1 Å². The van der Waals surface area contributed by atoms with E-state index in [1.165, 1.54) is 4.90 Å². The molecule has 2 fully saturated rings. The third-order valence-electron chi connectivity index (χ3n) is 7.21. The zero-order chi connectivity index (χ0) is 26.6. The maximum absolute atomic E-state index is 13.6. The summed E-state index contributed by atoms with van der Waals surface area (Å²) in [5.41, 5.74) is 3.99. The van der Waals surface area contributed by atoms with Crippen LogP contribution in [0.4, 0.5) is 0 Å². The normalized spacial score (nSPS) is 18.6. The molecule has 1 saturated heterocycles. The minimum absolute atomic E-state index is 0.169. The Balaban J connectivity index is 2.19. The van der Waals surface area contributed by atoms with E-state index in [2.05, 4.69) is 5.32 Å². The summed E-state index contributed by atoms with van der Waals surface area (Å²) < 4.78 is 5.66. The summed E-state index contributed by atoms with van der Waals surface area (Å²) in [6.07, 6.45) is 6.61. The number of aliphatic carboxylic acids is 1. The first-order valence-corrected chi connectivity index (χ1v) is 13.2. The van der Waals surface area contributed by atoms with Gasteiger partial charge in [-0.1, -0.05) is 6.42 Å². The van der Waals surface area contributed by atoms with Crippen LogP contribution in [-0.2, 0) is 28.7 Å². The number of ether oxygens (including phenoxy) is 1. The van der Waals surface area contributed by atoms with Crippen molar-refractivity contribution in [1.82, 2.24) is 15.1 Å². The smallest absolute Gasteiger partial charge is 0.321 e. The molecule has 0 bridgehead atoms. The summed E-state index contributed by atoms with van der Waals surface area (Å²) in [5, 5.41) is 12.7. The van der Waals surface area contributed by atoms with Gasteiger partial charge in [0.15, 0.2) is 5.72 Å². The van der Waals surface area contributed by atoms with Gasteiger partial charge in [-0.05, 0) is 64.5 Å². The van der Waals surface area contributed by atoms with Crippen LogP contribution in [0.1, 0.15) is 77.6 Å². The highest BCUT2D eigenvalue weighted by Gasteiger charge is 2.48. The van der Waals surface area contributed by atoms with E-state index in [-0.39, 0.29) is 31.8 Å². The summed E-state index contributed by atoms with van der Waals surface area (Å²) in [5.74, 6) is -2.19. The van der Waals surface area contributed by atoms with Gasteiger partial charge in [-0.25, -0.2) is 0 Å². The molecule has 0 aromatic rings. The maximum Gasteiger partial charge on any atom is 0.321 e. The molecule has 36 heavy (non-hydrogen) atoms. The highest BCUT2D eigenvalue weighted by molar-refractivity contribution is 5.88. The quantitative estimate of drug-likeness (QED) is 0.176. The summed E-state index contributed by atoms with van der Waals surface area (Å²) in [6, 6.07) is -1.34. The predicted molar refractivity (Wildman–Crippen MR) is 132 cm³/mol. The van der Waals surface area contributed by atoms with Crippen LogP contribution >= 0.6 is 0 Å². The Bertz CT molecular complexity index is 764. The molecule has 0 unspecified atom stereocenters. The Labute approximate surface area is 213 Å². The number of aldehydes is 1. The Morgan fingerprint density at radius 2 is 1.81 bits per heavy atom. The molecule has 2 rings (SSSR count). The van der Waals surface area contributed by atoms with Gasteiger partial charge in [0.2, 0.25) is 11.8 Å². The zero-order valence-corrected chi connectivity index (χ0v) is 21.4. The average Bonchev–Trinajstić information content (AvgIpc) is 2.87. The van der Waals surface area contributed by atoms with Crippen LogP contribution in [0.5, 0.6) is 0 Å². The standard InChI is InChI=1S/C25H42N4O7/c1-2-28(21(31)8-6-7-19-9-13-27-14-10-19)17-22(32)29(20(18-30)15-23(33)34)25(36-24(35)16-26)11-4-3-5-12-25/h18-20,27H,2-17,26H2,1H3,(H,33,34)/t20-/m1/s1. The maximum atomic E-state index is 13.6. The van der Waals surface area contributed by atoms with Gasteiger partial charge in [-0.3, -0.25) is 24.1 Å². The van der Waals surface area contributed by atoms with Crippen molar-refractivity contribution in [2.75, 3.05) is 32.7 Å². The van der Waals surface area contributed by atoms with Crippen LogP contribution < -0.4 is 11.1 Å². The van der Waals surface area contributed by atoms with Gasteiger partial charge in [0, 0.05) is 25.8 Å². The van der Waals surface area contributed by atoms with Crippen molar-refractivity contribution in [2.24, 2.45) is 11.7 Å². The Kier molecular flexibility index (Phi) is 12.3. The lowest BCUT2D eigenvalue weighted by molar-refractivity contribution is -0.204. The van der Waals surface area contributed by atoms with Crippen LogP contribution in [0.3, 0.4) is 0 Å². The van der Waals surface area contributed by atoms with Crippen molar-refractivity contribution >= 4 is 30.0 Å². The van der Waals surface area contributed by atoms with Crippen molar-refractivity contribution in [3.63, 3.8) is 0 Å². The lowest BCUT2D eigenvalue weighted by atomic mass is 9.88. The van der Waals surface area contributed by atoms with E-state index in [4.69, 9.17) is 10.5 Å². The van der Waals surface area contributed by atoms with Crippen LogP contribution in [-0.4, -0.2) is 89.4 Å². The van der Waals surface area contributed by atoms with Gasteiger partial charge in [0.05, 0.1) is 19.5 Å². The molecule has 11 heteroatoms. The van der Waals surface area contributed by atoms with E-state index in [0.29, 0.717) is 31.5 Å². The fourth-order valence-electron chi connectivity index (χ4n) is 5.33. The molecule has 1 aliphatic heterocycles. The summed E-state index contributed by atoms with van der Waals surface area (Å²) in [4.78, 5) is 64.8. The molecule has 1 heterocycles. The number of carbonyl (C=O) groups is 5. The van der Waals surface area contributed by atoms with Crippen molar-refractivity contribution in [2.45, 2.75) is 89.3 Å². The number of carboxylic acids is 1. The van der Waals surface area contributed by atoms with Crippen LogP contribution in [0.15, 0.2) is 0 Å². The number of carbonyl (C=O) groups excluding carboxylic acids is 4. The fraction of sp³-hybridized carbons (Fsp3) is 0.800.